The van der Waals surface area contributed by atoms with Crippen LogP contribution in [0.15, 0.2) is 72.9 Å². The highest BCUT2D eigenvalue weighted by atomic mass is 16.6. The van der Waals surface area contributed by atoms with Crippen LogP contribution in [0.2, 0.25) is 0 Å². The summed E-state index contributed by atoms with van der Waals surface area (Å²) in [6.07, 6.45) is 57.4. The molecule has 0 spiro atoms. The average molecular weight is 809 g/mol. The molecule has 0 aliphatic heterocycles. The van der Waals surface area contributed by atoms with Gasteiger partial charge in [0, 0.05) is 19.3 Å². The predicted molar refractivity (Wildman–Crippen MR) is 247 cm³/mol. The van der Waals surface area contributed by atoms with Gasteiger partial charge >= 0.3 is 17.9 Å². The molecule has 0 N–H and O–H groups in total. The molecule has 0 bridgehead atoms. The third-order valence-electron chi connectivity index (χ3n) is 10.0. The lowest BCUT2D eigenvalue weighted by Crippen LogP contribution is -2.30. The second-order valence-electron chi connectivity index (χ2n) is 15.7. The van der Waals surface area contributed by atoms with E-state index < -0.39 is 6.10 Å². The van der Waals surface area contributed by atoms with E-state index in [-0.39, 0.29) is 31.1 Å². The zero-order valence-electron chi connectivity index (χ0n) is 37.8. The molecule has 0 heterocycles. The van der Waals surface area contributed by atoms with Crippen molar-refractivity contribution < 1.29 is 28.6 Å². The van der Waals surface area contributed by atoms with Crippen LogP contribution in [0.4, 0.5) is 0 Å². The van der Waals surface area contributed by atoms with Crippen molar-refractivity contribution in [2.24, 2.45) is 0 Å². The van der Waals surface area contributed by atoms with E-state index >= 15 is 0 Å². The zero-order chi connectivity index (χ0) is 42.3. The van der Waals surface area contributed by atoms with Gasteiger partial charge in [0.1, 0.15) is 13.2 Å². The van der Waals surface area contributed by atoms with E-state index in [1.807, 2.05) is 0 Å². The molecule has 0 saturated carbocycles. The number of rotatable bonds is 42. The first kappa shape index (κ1) is 54.9. The second kappa shape index (κ2) is 46.5. The van der Waals surface area contributed by atoms with E-state index in [9.17, 15) is 14.4 Å². The molecular weight excluding hydrogens is 721 g/mol. The molecule has 0 aliphatic carbocycles. The summed E-state index contributed by atoms with van der Waals surface area (Å²) in [5.74, 6) is -0.931. The topological polar surface area (TPSA) is 78.9 Å². The van der Waals surface area contributed by atoms with Crippen molar-refractivity contribution in [1.29, 1.82) is 0 Å². The molecule has 0 radical (unpaired) electrons. The predicted octanol–water partition coefficient (Wildman–Crippen LogP) is 15.5. The molecule has 332 valence electrons. The summed E-state index contributed by atoms with van der Waals surface area (Å²) in [4.78, 5) is 37.8. The van der Waals surface area contributed by atoms with Crippen molar-refractivity contribution in [3.05, 3.63) is 72.9 Å². The Morgan fingerprint density at radius 2 is 0.741 bits per heavy atom. The minimum Gasteiger partial charge on any atom is -0.462 e. The molecule has 6 nitrogen and oxygen atoms in total. The van der Waals surface area contributed by atoms with Gasteiger partial charge in [-0.05, 0) is 70.6 Å². The maximum atomic E-state index is 12.7. The van der Waals surface area contributed by atoms with Gasteiger partial charge in [-0.25, -0.2) is 0 Å². The van der Waals surface area contributed by atoms with E-state index in [2.05, 4.69) is 93.7 Å². The Balaban J connectivity index is 4.42. The van der Waals surface area contributed by atoms with Gasteiger partial charge in [0.2, 0.25) is 0 Å². The van der Waals surface area contributed by atoms with Crippen LogP contribution in [-0.2, 0) is 28.6 Å². The number of allylic oxidation sites excluding steroid dienone is 12. The van der Waals surface area contributed by atoms with Crippen molar-refractivity contribution in [3.63, 3.8) is 0 Å². The first-order chi connectivity index (χ1) is 28.5. The number of hydrogen-bond acceptors (Lipinski definition) is 6. The normalized spacial score (nSPS) is 12.7. The van der Waals surface area contributed by atoms with E-state index in [0.29, 0.717) is 19.3 Å². The molecule has 0 aromatic heterocycles. The summed E-state index contributed by atoms with van der Waals surface area (Å²) >= 11 is 0. The van der Waals surface area contributed by atoms with Crippen molar-refractivity contribution in [3.8, 4) is 0 Å². The quantitative estimate of drug-likeness (QED) is 0.0201. The van der Waals surface area contributed by atoms with Gasteiger partial charge in [-0.2, -0.15) is 0 Å². The summed E-state index contributed by atoms with van der Waals surface area (Å²) in [7, 11) is 0. The fourth-order valence-corrected chi connectivity index (χ4v) is 6.43. The molecule has 1 unspecified atom stereocenters. The van der Waals surface area contributed by atoms with Crippen LogP contribution in [0.5, 0.6) is 0 Å². The standard InChI is InChI=1S/C52H88O6/c1-4-7-10-13-16-19-22-24-25-26-27-28-29-31-33-36-39-42-45-51(54)57-48-49(47-56-50(53)44-41-38-35-32-21-18-15-12-9-6-3)58-52(55)46-43-40-37-34-30-23-20-17-14-11-8-5-2/h8,11,16-17,19-20,22,24-28,49H,4-7,9-10,12-15,18,21,23,29-48H2,1-3H3/b11-8-,19-16-,20-17-,24-22-,26-25-,28-27-. The van der Waals surface area contributed by atoms with Crippen LogP contribution < -0.4 is 0 Å². The van der Waals surface area contributed by atoms with Gasteiger partial charge in [-0.3, -0.25) is 14.4 Å². The first-order valence-corrected chi connectivity index (χ1v) is 24.0. The number of carbonyl (C=O) groups is 3. The lowest BCUT2D eigenvalue weighted by Gasteiger charge is -2.18. The maximum Gasteiger partial charge on any atom is 0.306 e. The van der Waals surface area contributed by atoms with Gasteiger partial charge < -0.3 is 14.2 Å². The first-order valence-electron chi connectivity index (χ1n) is 24.0. The van der Waals surface area contributed by atoms with Gasteiger partial charge in [0.15, 0.2) is 6.10 Å². The molecule has 0 aromatic rings. The molecule has 58 heavy (non-hydrogen) atoms. The Morgan fingerprint density at radius 3 is 1.22 bits per heavy atom. The lowest BCUT2D eigenvalue weighted by molar-refractivity contribution is -0.167. The zero-order valence-corrected chi connectivity index (χ0v) is 37.8. The third kappa shape index (κ3) is 44.0. The van der Waals surface area contributed by atoms with Gasteiger partial charge in [-0.1, -0.05) is 203 Å². The van der Waals surface area contributed by atoms with E-state index in [4.69, 9.17) is 14.2 Å². The highest BCUT2D eigenvalue weighted by Crippen LogP contribution is 2.14. The molecule has 1 atom stereocenters. The number of esters is 3. The van der Waals surface area contributed by atoms with Crippen molar-refractivity contribution in [2.45, 2.75) is 226 Å². The fraction of sp³-hybridized carbons (Fsp3) is 0.712. The van der Waals surface area contributed by atoms with Gasteiger partial charge in [0.25, 0.3) is 0 Å². The summed E-state index contributed by atoms with van der Waals surface area (Å²) in [5.41, 5.74) is 0. The Hall–Kier alpha value is -3.15. The fourth-order valence-electron chi connectivity index (χ4n) is 6.43. The molecule has 0 amide bonds. The van der Waals surface area contributed by atoms with Crippen LogP contribution >= 0.6 is 0 Å². The monoisotopic (exact) mass is 809 g/mol. The Bertz CT molecular complexity index is 1110. The molecule has 0 saturated heterocycles. The molecule has 6 heteroatoms. The number of unbranched alkanes of at least 4 members (excludes halogenated alkanes) is 22. The van der Waals surface area contributed by atoms with Crippen LogP contribution in [0.1, 0.15) is 220 Å². The molecule has 0 aliphatic rings. The molecule has 0 fully saturated rings. The number of ether oxygens (including phenoxy) is 3. The summed E-state index contributed by atoms with van der Waals surface area (Å²) in [6.45, 7) is 6.43. The second-order valence-corrected chi connectivity index (χ2v) is 15.7. The Kier molecular flexibility index (Phi) is 44.0. The molecular formula is C52H88O6. The van der Waals surface area contributed by atoms with E-state index in [0.717, 1.165) is 116 Å². The summed E-state index contributed by atoms with van der Waals surface area (Å²) in [5, 5.41) is 0. The van der Waals surface area contributed by atoms with Crippen LogP contribution in [0.3, 0.4) is 0 Å². The third-order valence-corrected chi connectivity index (χ3v) is 10.0. The smallest absolute Gasteiger partial charge is 0.306 e. The van der Waals surface area contributed by atoms with E-state index in [1.165, 1.54) is 64.2 Å². The van der Waals surface area contributed by atoms with Crippen LogP contribution in [0, 0.1) is 0 Å². The Labute approximate surface area is 357 Å². The van der Waals surface area contributed by atoms with Crippen molar-refractivity contribution in [1.82, 2.24) is 0 Å². The van der Waals surface area contributed by atoms with Crippen molar-refractivity contribution >= 4 is 17.9 Å². The number of hydrogen-bond donors (Lipinski definition) is 0. The lowest BCUT2D eigenvalue weighted by atomic mass is 10.1. The van der Waals surface area contributed by atoms with Gasteiger partial charge in [0.05, 0.1) is 0 Å². The minimum absolute atomic E-state index is 0.0885. The summed E-state index contributed by atoms with van der Waals surface area (Å²) < 4.78 is 16.7. The van der Waals surface area contributed by atoms with Crippen LogP contribution in [-0.4, -0.2) is 37.2 Å². The summed E-state index contributed by atoms with van der Waals surface area (Å²) in [6, 6.07) is 0. The average Bonchev–Trinajstić information content (AvgIpc) is 3.22. The van der Waals surface area contributed by atoms with E-state index in [1.54, 1.807) is 0 Å². The number of carbonyl (C=O) groups excluding carboxylic acids is 3. The molecule has 0 rings (SSSR count). The minimum atomic E-state index is -0.789. The largest absolute Gasteiger partial charge is 0.462 e. The van der Waals surface area contributed by atoms with Crippen LogP contribution in [0.25, 0.3) is 0 Å². The highest BCUT2D eigenvalue weighted by molar-refractivity contribution is 5.71. The highest BCUT2D eigenvalue weighted by Gasteiger charge is 2.19. The Morgan fingerprint density at radius 1 is 0.379 bits per heavy atom. The SMILES string of the molecule is CC/C=C\C/C=C\CCCCCCCC(=O)OC(COC(=O)CCCCCCC\C=C/C=C\C=C/C=C\CCCCC)COC(=O)CCCCCCCCCCCC. The van der Waals surface area contributed by atoms with Gasteiger partial charge in [-0.15, -0.1) is 0 Å². The van der Waals surface area contributed by atoms with Crippen molar-refractivity contribution in [2.75, 3.05) is 13.2 Å². The molecule has 0 aromatic carbocycles. The maximum absolute atomic E-state index is 12.7.